The molecule has 0 radical (unpaired) electrons. The van der Waals surface area contributed by atoms with Crippen molar-refractivity contribution in [2.24, 2.45) is 0 Å². The van der Waals surface area contributed by atoms with Crippen LogP contribution >= 0.6 is 11.8 Å². The second-order valence-corrected chi connectivity index (χ2v) is 8.30. The summed E-state index contributed by atoms with van der Waals surface area (Å²) >= 11 is 1.31. The molecule has 0 aliphatic rings. The highest BCUT2D eigenvalue weighted by Gasteiger charge is 2.22. The third-order valence-electron chi connectivity index (χ3n) is 4.62. The molecule has 4 aromatic rings. The topological polar surface area (TPSA) is 55.1 Å². The van der Waals surface area contributed by atoms with Crippen molar-refractivity contribution >= 4 is 23.4 Å². The highest BCUT2D eigenvalue weighted by molar-refractivity contribution is 8.00. The second-order valence-electron chi connectivity index (χ2n) is 7.01. The normalized spacial score (nSPS) is 11.8. The van der Waals surface area contributed by atoms with E-state index in [2.05, 4.69) is 5.32 Å². The van der Waals surface area contributed by atoms with Gasteiger partial charge in [-0.2, -0.15) is 0 Å². The lowest BCUT2D eigenvalue weighted by Crippen LogP contribution is -2.22. The summed E-state index contributed by atoms with van der Waals surface area (Å²) in [5.41, 5.74) is 4.59. The fraction of sp³-hybridized carbons (Fsp3) is 0.120. The van der Waals surface area contributed by atoms with Crippen LogP contribution in [0.3, 0.4) is 0 Å². The van der Waals surface area contributed by atoms with Crippen LogP contribution in [0, 0.1) is 6.92 Å². The zero-order valence-electron chi connectivity index (χ0n) is 16.8. The molecule has 1 heterocycles. The van der Waals surface area contributed by atoms with Crippen LogP contribution < -0.4 is 5.32 Å². The number of hydrogen-bond acceptors (Lipinski definition) is 4. The average molecular weight is 415 g/mol. The first-order chi connectivity index (χ1) is 14.6. The first kappa shape index (κ1) is 20.0. The Kier molecular flexibility index (Phi) is 6.00. The number of amides is 1. The van der Waals surface area contributed by atoms with E-state index in [0.717, 1.165) is 28.1 Å². The molecular formula is C25H22N2O2S. The summed E-state index contributed by atoms with van der Waals surface area (Å²) < 4.78 is 6.12. The van der Waals surface area contributed by atoms with Gasteiger partial charge in [0.15, 0.2) is 5.76 Å². The minimum absolute atomic E-state index is 0.0914. The third kappa shape index (κ3) is 4.63. The smallest absolute Gasteiger partial charge is 0.257 e. The summed E-state index contributed by atoms with van der Waals surface area (Å²) in [7, 11) is 0. The first-order valence-corrected chi connectivity index (χ1v) is 10.6. The van der Waals surface area contributed by atoms with Gasteiger partial charge in [0.05, 0.1) is 5.25 Å². The Bertz CT molecular complexity index is 1080. The van der Waals surface area contributed by atoms with Crippen molar-refractivity contribution in [3.63, 3.8) is 0 Å². The number of thioether (sulfide) groups is 1. The molecule has 3 aromatic carbocycles. The van der Waals surface area contributed by atoms with Gasteiger partial charge in [-0.1, -0.05) is 84.6 Å². The van der Waals surface area contributed by atoms with E-state index in [-0.39, 0.29) is 11.2 Å². The fourth-order valence-electron chi connectivity index (χ4n) is 3.10. The molecule has 30 heavy (non-hydrogen) atoms. The van der Waals surface area contributed by atoms with E-state index < -0.39 is 0 Å². The van der Waals surface area contributed by atoms with Crippen LogP contribution in [-0.2, 0) is 4.79 Å². The molecule has 1 atom stereocenters. The lowest BCUT2D eigenvalue weighted by molar-refractivity contribution is -0.115. The molecule has 0 saturated heterocycles. The molecule has 4 rings (SSSR count). The predicted octanol–water partition coefficient (Wildman–Crippen LogP) is 6.44. The van der Waals surface area contributed by atoms with Crippen LogP contribution in [-0.4, -0.2) is 16.1 Å². The summed E-state index contributed by atoms with van der Waals surface area (Å²) in [5, 5.41) is 3.07. The number of nitrogens with zero attached hydrogens (tertiary/aromatic N) is 1. The van der Waals surface area contributed by atoms with Crippen LogP contribution in [0.1, 0.15) is 12.5 Å². The molecule has 4 nitrogen and oxygen atoms in total. The van der Waals surface area contributed by atoms with Gasteiger partial charge in [-0.15, -0.1) is 0 Å². The van der Waals surface area contributed by atoms with Crippen molar-refractivity contribution in [3.05, 3.63) is 90.5 Å². The van der Waals surface area contributed by atoms with E-state index in [9.17, 15) is 4.79 Å². The predicted molar refractivity (Wildman–Crippen MR) is 123 cm³/mol. The van der Waals surface area contributed by atoms with Crippen molar-refractivity contribution in [1.29, 1.82) is 0 Å². The number of anilines is 1. The van der Waals surface area contributed by atoms with Crippen LogP contribution in [0.5, 0.6) is 0 Å². The van der Waals surface area contributed by atoms with Gasteiger partial charge in [0.2, 0.25) is 5.91 Å². The number of aryl methyl sites for hydroxylation is 1. The Labute approximate surface area is 180 Å². The van der Waals surface area contributed by atoms with E-state index >= 15 is 0 Å². The maximum Gasteiger partial charge on any atom is 0.257 e. The zero-order valence-corrected chi connectivity index (χ0v) is 17.6. The Balaban J connectivity index is 1.58. The molecule has 0 aliphatic heterocycles. The largest absolute Gasteiger partial charge is 0.431 e. The molecule has 0 fully saturated rings. The van der Waals surface area contributed by atoms with Gasteiger partial charge in [0.1, 0.15) is 5.69 Å². The molecule has 0 saturated carbocycles. The highest BCUT2D eigenvalue weighted by Crippen LogP contribution is 2.36. The van der Waals surface area contributed by atoms with Crippen molar-refractivity contribution in [2.45, 2.75) is 24.3 Å². The number of carbonyl (C=O) groups excluding carboxylic acids is 1. The number of hydrogen-bond donors (Lipinski definition) is 1. The average Bonchev–Trinajstić information content (AvgIpc) is 3.19. The number of aromatic nitrogens is 1. The quantitative estimate of drug-likeness (QED) is 0.369. The minimum atomic E-state index is -0.364. The van der Waals surface area contributed by atoms with Gasteiger partial charge in [0.25, 0.3) is 5.22 Å². The SMILES string of the molecule is Cc1cccc(NC(=O)[C@@H](C)Sc2nc(-c3ccccc3)c(-c3ccccc3)o2)c1. The first-order valence-electron chi connectivity index (χ1n) is 9.76. The molecular weight excluding hydrogens is 392 g/mol. The lowest BCUT2D eigenvalue weighted by atomic mass is 10.1. The van der Waals surface area contributed by atoms with Gasteiger partial charge >= 0.3 is 0 Å². The number of carbonyl (C=O) groups is 1. The van der Waals surface area contributed by atoms with E-state index in [0.29, 0.717) is 11.0 Å². The highest BCUT2D eigenvalue weighted by atomic mass is 32.2. The number of nitrogens with one attached hydrogen (secondary N) is 1. The third-order valence-corrected chi connectivity index (χ3v) is 5.57. The number of benzene rings is 3. The van der Waals surface area contributed by atoms with Crippen LogP contribution in [0.15, 0.2) is 94.6 Å². The number of rotatable bonds is 6. The maximum atomic E-state index is 12.7. The lowest BCUT2D eigenvalue weighted by Gasteiger charge is -2.10. The molecule has 0 bridgehead atoms. The standard InChI is InChI=1S/C25H22N2O2S/c1-17-10-9-15-21(16-17)26-24(28)18(2)30-25-27-22(19-11-5-3-6-12-19)23(29-25)20-13-7-4-8-14-20/h3-16,18H,1-2H3,(H,26,28)/t18-/m1/s1. The van der Waals surface area contributed by atoms with Gasteiger partial charge < -0.3 is 9.73 Å². The molecule has 1 N–H and O–H groups in total. The van der Waals surface area contributed by atoms with E-state index in [1.54, 1.807) is 0 Å². The van der Waals surface area contributed by atoms with E-state index in [4.69, 9.17) is 9.40 Å². The van der Waals surface area contributed by atoms with Crippen molar-refractivity contribution in [1.82, 2.24) is 4.98 Å². The molecule has 1 aromatic heterocycles. The van der Waals surface area contributed by atoms with Gasteiger partial charge in [0, 0.05) is 16.8 Å². The molecule has 1 amide bonds. The fourth-order valence-corrected chi connectivity index (χ4v) is 3.84. The van der Waals surface area contributed by atoms with Gasteiger partial charge in [-0.05, 0) is 31.5 Å². The molecule has 0 unspecified atom stereocenters. The Morgan fingerprint density at radius 2 is 1.60 bits per heavy atom. The van der Waals surface area contributed by atoms with Gasteiger partial charge in [-0.3, -0.25) is 4.79 Å². The van der Waals surface area contributed by atoms with Crippen molar-refractivity contribution in [3.8, 4) is 22.6 Å². The molecule has 0 aliphatic carbocycles. The van der Waals surface area contributed by atoms with Crippen molar-refractivity contribution in [2.75, 3.05) is 5.32 Å². The molecule has 5 heteroatoms. The van der Waals surface area contributed by atoms with Crippen LogP contribution in [0.4, 0.5) is 5.69 Å². The van der Waals surface area contributed by atoms with Crippen molar-refractivity contribution < 1.29 is 9.21 Å². The summed E-state index contributed by atoms with van der Waals surface area (Å²) in [6.07, 6.45) is 0. The second kappa shape index (κ2) is 9.01. The summed E-state index contributed by atoms with van der Waals surface area (Å²) in [6.45, 7) is 3.85. The van der Waals surface area contributed by atoms with Gasteiger partial charge in [-0.25, -0.2) is 4.98 Å². The minimum Gasteiger partial charge on any atom is -0.431 e. The Morgan fingerprint density at radius 3 is 2.27 bits per heavy atom. The summed E-state index contributed by atoms with van der Waals surface area (Å²) in [4.78, 5) is 17.4. The number of oxazole rings is 1. The van der Waals surface area contributed by atoms with Crippen LogP contribution in [0.25, 0.3) is 22.6 Å². The Hall–Kier alpha value is -3.31. The zero-order chi connectivity index (χ0) is 20.9. The molecule has 150 valence electrons. The van der Waals surface area contributed by atoms with Crippen LogP contribution in [0.2, 0.25) is 0 Å². The summed E-state index contributed by atoms with van der Waals surface area (Å²) in [6, 6.07) is 27.6. The molecule has 0 spiro atoms. The monoisotopic (exact) mass is 414 g/mol. The van der Waals surface area contributed by atoms with E-state index in [1.165, 1.54) is 11.8 Å². The van der Waals surface area contributed by atoms with E-state index in [1.807, 2.05) is 98.8 Å². The summed E-state index contributed by atoms with van der Waals surface area (Å²) in [5.74, 6) is 0.613. The maximum absolute atomic E-state index is 12.7. The Morgan fingerprint density at radius 1 is 0.933 bits per heavy atom.